The number of amides is 2. The molecule has 0 radical (unpaired) electrons. The van der Waals surface area contributed by atoms with Crippen molar-refractivity contribution in [1.82, 2.24) is 14.1 Å². The van der Waals surface area contributed by atoms with Crippen molar-refractivity contribution in [3.63, 3.8) is 0 Å². The van der Waals surface area contributed by atoms with Gasteiger partial charge in [0.1, 0.15) is 6.04 Å². The van der Waals surface area contributed by atoms with Gasteiger partial charge in [-0.3, -0.25) is 14.5 Å². The molecule has 0 bridgehead atoms. The van der Waals surface area contributed by atoms with E-state index in [2.05, 4.69) is 6.58 Å². The molecule has 2 aromatic rings. The predicted octanol–water partition coefficient (Wildman–Crippen LogP) is 2.65. The number of hydrogen-bond donors (Lipinski definition) is 0. The molecule has 4 rings (SSSR count). The van der Waals surface area contributed by atoms with E-state index in [4.69, 9.17) is 0 Å². The highest BCUT2D eigenvalue weighted by Crippen LogP contribution is 2.33. The number of carbonyl (C=O) groups excluding carboxylic acids is 2. The Morgan fingerprint density at radius 1 is 1.00 bits per heavy atom. The highest BCUT2D eigenvalue weighted by molar-refractivity contribution is 7.89. The lowest BCUT2D eigenvalue weighted by molar-refractivity contribution is -0.135. The summed E-state index contributed by atoms with van der Waals surface area (Å²) < 4.78 is 27.7. The van der Waals surface area contributed by atoms with Crippen molar-refractivity contribution in [2.45, 2.75) is 31.7 Å². The van der Waals surface area contributed by atoms with Crippen molar-refractivity contribution in [3.8, 4) is 0 Å². The smallest absolute Gasteiger partial charge is 0.259 e. The zero-order valence-corrected chi connectivity index (χ0v) is 19.4. The van der Waals surface area contributed by atoms with Crippen LogP contribution in [0, 0.1) is 13.8 Å². The maximum absolute atomic E-state index is 13.2. The van der Waals surface area contributed by atoms with Crippen LogP contribution < -0.4 is 0 Å². The fourth-order valence-corrected chi connectivity index (χ4v) is 6.09. The molecule has 0 N–H and O–H groups in total. The summed E-state index contributed by atoms with van der Waals surface area (Å²) in [5.74, 6) is -0.446. The van der Waals surface area contributed by atoms with Crippen LogP contribution in [-0.2, 0) is 14.8 Å². The molecule has 0 unspecified atom stereocenters. The molecule has 1 saturated heterocycles. The Morgan fingerprint density at radius 3 is 2.25 bits per heavy atom. The van der Waals surface area contributed by atoms with Gasteiger partial charge in [-0.15, -0.1) is 0 Å². The molecule has 7 nitrogen and oxygen atoms in total. The van der Waals surface area contributed by atoms with Gasteiger partial charge in [0.25, 0.3) is 5.91 Å². The number of benzene rings is 2. The molecule has 2 amide bonds. The van der Waals surface area contributed by atoms with E-state index >= 15 is 0 Å². The van der Waals surface area contributed by atoms with Crippen LogP contribution in [0.2, 0.25) is 0 Å². The molecule has 1 fully saturated rings. The van der Waals surface area contributed by atoms with Crippen LogP contribution in [-0.4, -0.2) is 66.6 Å². The number of carbonyl (C=O) groups is 2. The highest BCUT2D eigenvalue weighted by atomic mass is 32.2. The normalized spacial score (nSPS) is 18.1. The average molecular weight is 454 g/mol. The molecule has 0 aromatic heterocycles. The number of piperazine rings is 1. The quantitative estimate of drug-likeness (QED) is 0.713. The largest absolute Gasteiger partial charge is 0.338 e. The van der Waals surface area contributed by atoms with Gasteiger partial charge < -0.3 is 4.90 Å². The van der Waals surface area contributed by atoms with Crippen LogP contribution >= 0.6 is 0 Å². The van der Waals surface area contributed by atoms with Crippen LogP contribution in [0.5, 0.6) is 0 Å². The Labute approximate surface area is 189 Å². The first kappa shape index (κ1) is 22.2. The third-order valence-electron chi connectivity index (χ3n) is 6.23. The highest BCUT2D eigenvalue weighted by Gasteiger charge is 2.39. The second-order valence-electron chi connectivity index (χ2n) is 8.34. The minimum Gasteiger partial charge on any atom is -0.338 e. The maximum Gasteiger partial charge on any atom is 0.259 e. The van der Waals surface area contributed by atoms with Crippen LogP contribution in [0.3, 0.4) is 0 Å². The van der Waals surface area contributed by atoms with Gasteiger partial charge in [0.05, 0.1) is 4.90 Å². The Hall–Kier alpha value is -2.97. The SMILES string of the molecule is C=C1c2ccccc2C(=O)N1[C@H](C)C(=O)N1CCN(S(=O)(=O)c2cc(C)ccc2C)CC1. The zero-order valence-electron chi connectivity index (χ0n) is 18.5. The number of hydrogen-bond acceptors (Lipinski definition) is 4. The van der Waals surface area contributed by atoms with E-state index in [9.17, 15) is 18.0 Å². The first-order chi connectivity index (χ1) is 15.1. The van der Waals surface area contributed by atoms with Crippen LogP contribution in [0.1, 0.15) is 34.0 Å². The summed E-state index contributed by atoms with van der Waals surface area (Å²) in [4.78, 5) is 29.4. The van der Waals surface area contributed by atoms with Crippen molar-refractivity contribution in [3.05, 3.63) is 71.3 Å². The summed E-state index contributed by atoms with van der Waals surface area (Å²) >= 11 is 0. The van der Waals surface area contributed by atoms with Crippen molar-refractivity contribution >= 4 is 27.5 Å². The summed E-state index contributed by atoms with van der Waals surface area (Å²) in [5.41, 5.74) is 3.38. The molecule has 8 heteroatoms. The fourth-order valence-electron chi connectivity index (χ4n) is 4.36. The van der Waals surface area contributed by atoms with Crippen molar-refractivity contribution in [2.75, 3.05) is 26.2 Å². The molecule has 32 heavy (non-hydrogen) atoms. The number of fused-ring (bicyclic) bond motifs is 1. The Bertz CT molecular complexity index is 1180. The van der Waals surface area contributed by atoms with E-state index in [-0.39, 0.29) is 38.0 Å². The van der Waals surface area contributed by atoms with E-state index in [1.54, 1.807) is 36.9 Å². The van der Waals surface area contributed by atoms with Gasteiger partial charge in [0, 0.05) is 43.0 Å². The molecule has 2 heterocycles. The first-order valence-corrected chi connectivity index (χ1v) is 12.0. The molecular formula is C24H27N3O4S. The summed E-state index contributed by atoms with van der Waals surface area (Å²) in [6, 6.07) is 11.8. The molecule has 2 aliphatic heterocycles. The van der Waals surface area contributed by atoms with Crippen molar-refractivity contribution in [1.29, 1.82) is 0 Å². The molecule has 2 aromatic carbocycles. The van der Waals surface area contributed by atoms with Crippen molar-refractivity contribution < 1.29 is 18.0 Å². The molecule has 2 aliphatic rings. The van der Waals surface area contributed by atoms with Gasteiger partial charge in [0.15, 0.2) is 0 Å². The number of aryl methyl sites for hydroxylation is 2. The van der Waals surface area contributed by atoms with Gasteiger partial charge in [-0.1, -0.05) is 36.9 Å². The van der Waals surface area contributed by atoms with Gasteiger partial charge >= 0.3 is 0 Å². The lowest BCUT2D eigenvalue weighted by Gasteiger charge is -2.37. The summed E-state index contributed by atoms with van der Waals surface area (Å²) in [6.07, 6.45) is 0. The van der Waals surface area contributed by atoms with Gasteiger partial charge in [0.2, 0.25) is 15.9 Å². The number of rotatable bonds is 4. The maximum atomic E-state index is 13.2. The Kier molecular flexibility index (Phi) is 5.68. The molecule has 1 atom stereocenters. The monoisotopic (exact) mass is 453 g/mol. The van der Waals surface area contributed by atoms with E-state index < -0.39 is 16.1 Å². The second-order valence-corrected chi connectivity index (χ2v) is 10.2. The Morgan fingerprint density at radius 2 is 1.62 bits per heavy atom. The number of sulfonamides is 1. The van der Waals surface area contributed by atoms with E-state index in [1.807, 2.05) is 31.2 Å². The molecule has 168 valence electrons. The van der Waals surface area contributed by atoms with Crippen LogP contribution in [0.4, 0.5) is 0 Å². The minimum atomic E-state index is -3.64. The van der Waals surface area contributed by atoms with Crippen molar-refractivity contribution in [2.24, 2.45) is 0 Å². The lowest BCUT2D eigenvalue weighted by atomic mass is 10.1. The van der Waals surface area contributed by atoms with E-state index in [0.29, 0.717) is 21.7 Å². The third kappa shape index (κ3) is 3.63. The van der Waals surface area contributed by atoms with E-state index in [1.165, 1.54) is 9.21 Å². The summed E-state index contributed by atoms with van der Waals surface area (Å²) in [6.45, 7) is 10.3. The summed E-state index contributed by atoms with van der Waals surface area (Å²) in [5, 5.41) is 0. The Balaban J connectivity index is 1.46. The molecular weight excluding hydrogens is 426 g/mol. The lowest BCUT2D eigenvalue weighted by Crippen LogP contribution is -2.55. The van der Waals surface area contributed by atoms with Gasteiger partial charge in [-0.25, -0.2) is 8.42 Å². The fraction of sp³-hybridized carbons (Fsp3) is 0.333. The second kappa shape index (κ2) is 8.18. The average Bonchev–Trinajstić information content (AvgIpc) is 3.04. The first-order valence-electron chi connectivity index (χ1n) is 10.6. The number of nitrogens with zero attached hydrogens (tertiary/aromatic N) is 3. The molecule has 0 spiro atoms. The van der Waals surface area contributed by atoms with Gasteiger partial charge in [-0.2, -0.15) is 4.31 Å². The summed E-state index contributed by atoms with van der Waals surface area (Å²) in [7, 11) is -3.64. The minimum absolute atomic E-state index is 0.212. The predicted molar refractivity (Wildman–Crippen MR) is 122 cm³/mol. The van der Waals surface area contributed by atoms with Crippen LogP contribution in [0.25, 0.3) is 5.70 Å². The van der Waals surface area contributed by atoms with E-state index in [0.717, 1.165) is 11.1 Å². The standard InChI is InChI=1S/C24H27N3O4S/c1-16-9-10-17(2)22(15-16)32(30,31)26-13-11-25(12-14-26)23(28)19(4)27-18(3)20-7-5-6-8-21(20)24(27)29/h5-10,15,19H,3,11-14H2,1-2,4H3/t19-/m1/s1. The zero-order chi connectivity index (χ0) is 23.2. The molecule has 0 saturated carbocycles. The third-order valence-corrected chi connectivity index (χ3v) is 8.28. The van der Waals surface area contributed by atoms with Crippen LogP contribution in [0.15, 0.2) is 53.9 Å². The topological polar surface area (TPSA) is 78.0 Å². The van der Waals surface area contributed by atoms with Gasteiger partial charge in [-0.05, 0) is 44.0 Å². The molecule has 0 aliphatic carbocycles.